The Morgan fingerprint density at radius 1 is 1.47 bits per heavy atom. The molecule has 90 valence electrons. The zero-order chi connectivity index (χ0) is 11.5. The van der Waals surface area contributed by atoms with Gasteiger partial charge >= 0.3 is 0 Å². The van der Waals surface area contributed by atoms with E-state index in [1.54, 1.807) is 0 Å². The van der Waals surface area contributed by atoms with Crippen molar-refractivity contribution < 1.29 is 9.15 Å². The van der Waals surface area contributed by atoms with E-state index in [0.29, 0.717) is 6.04 Å². The van der Waals surface area contributed by atoms with Crippen molar-refractivity contribution in [2.24, 2.45) is 0 Å². The molecular weight excluding hydrogens is 218 g/mol. The molecule has 1 aliphatic heterocycles. The summed E-state index contributed by atoms with van der Waals surface area (Å²) >= 11 is 0. The van der Waals surface area contributed by atoms with Gasteiger partial charge in [-0.3, -0.25) is 0 Å². The average molecular weight is 233 g/mol. The lowest BCUT2D eigenvalue weighted by atomic mass is 10.2. The molecule has 5 nitrogen and oxygen atoms in total. The molecule has 1 saturated heterocycles. The maximum atomic E-state index is 5.40. The van der Waals surface area contributed by atoms with E-state index >= 15 is 0 Å². The molecule has 1 unspecified atom stereocenters. The largest absolute Gasteiger partial charge is 0.443 e. The Hall–Kier alpha value is -1.59. The fourth-order valence-electron chi connectivity index (χ4n) is 1.96. The van der Waals surface area contributed by atoms with Gasteiger partial charge in [-0.25, -0.2) is 4.98 Å². The fraction of sp³-hybridized carbons (Fsp3) is 0.417. The van der Waals surface area contributed by atoms with Crippen molar-refractivity contribution in [3.05, 3.63) is 24.6 Å². The molecule has 0 saturated carbocycles. The van der Waals surface area contributed by atoms with Crippen LogP contribution in [0.25, 0.3) is 11.1 Å². The van der Waals surface area contributed by atoms with Crippen LogP contribution >= 0.6 is 0 Å². The molecule has 3 rings (SSSR count). The lowest BCUT2D eigenvalue weighted by Crippen LogP contribution is -2.45. The van der Waals surface area contributed by atoms with Crippen LogP contribution in [0.3, 0.4) is 0 Å². The highest BCUT2D eigenvalue weighted by molar-refractivity contribution is 5.76. The Bertz CT molecular complexity index is 491. The van der Waals surface area contributed by atoms with Crippen molar-refractivity contribution in [3.63, 3.8) is 0 Å². The number of hydrogen-bond donors (Lipinski definition) is 2. The molecule has 1 atom stereocenters. The van der Waals surface area contributed by atoms with E-state index < -0.39 is 0 Å². The summed E-state index contributed by atoms with van der Waals surface area (Å²) in [6.45, 7) is 3.34. The normalized spacial score (nSPS) is 20.6. The van der Waals surface area contributed by atoms with Crippen molar-refractivity contribution in [2.45, 2.75) is 6.04 Å². The molecule has 0 amide bonds. The number of aromatic nitrogens is 1. The monoisotopic (exact) mass is 233 g/mol. The Morgan fingerprint density at radius 3 is 3.35 bits per heavy atom. The predicted molar refractivity (Wildman–Crippen MR) is 65.1 cm³/mol. The number of oxazole rings is 1. The minimum absolute atomic E-state index is 0.370. The van der Waals surface area contributed by atoms with Gasteiger partial charge in [0.05, 0.1) is 13.2 Å². The number of hydrogen-bond acceptors (Lipinski definition) is 5. The van der Waals surface area contributed by atoms with Gasteiger partial charge in [0.15, 0.2) is 12.0 Å². The van der Waals surface area contributed by atoms with Crippen molar-refractivity contribution in [1.82, 2.24) is 10.3 Å². The summed E-state index contributed by atoms with van der Waals surface area (Å²) in [5, 5.41) is 6.76. The molecule has 0 radical (unpaired) electrons. The van der Waals surface area contributed by atoms with Gasteiger partial charge in [-0.2, -0.15) is 0 Å². The number of anilines is 1. The first-order chi connectivity index (χ1) is 8.42. The molecule has 0 spiro atoms. The Balaban J connectivity index is 1.63. The summed E-state index contributed by atoms with van der Waals surface area (Å²) in [5.41, 5.74) is 2.74. The molecule has 2 N–H and O–H groups in total. The number of rotatable bonds is 3. The van der Waals surface area contributed by atoms with Crippen LogP contribution in [0.2, 0.25) is 0 Å². The van der Waals surface area contributed by atoms with E-state index in [1.165, 1.54) is 6.39 Å². The molecular formula is C12H15N3O2. The lowest BCUT2D eigenvalue weighted by molar-refractivity contribution is 0.0806. The second-order valence-corrected chi connectivity index (χ2v) is 4.14. The topological polar surface area (TPSA) is 59.3 Å². The van der Waals surface area contributed by atoms with E-state index in [1.807, 2.05) is 18.2 Å². The molecule has 2 heterocycles. The summed E-state index contributed by atoms with van der Waals surface area (Å²) in [5.74, 6) is 0. The molecule has 0 bridgehead atoms. The molecule has 1 aromatic heterocycles. The second kappa shape index (κ2) is 4.73. The Kier molecular flexibility index (Phi) is 2.94. The molecule has 2 aromatic rings. The quantitative estimate of drug-likeness (QED) is 0.835. The highest BCUT2D eigenvalue weighted by Gasteiger charge is 2.12. The van der Waals surface area contributed by atoms with E-state index in [4.69, 9.17) is 9.15 Å². The van der Waals surface area contributed by atoms with E-state index in [-0.39, 0.29) is 0 Å². The fourth-order valence-corrected chi connectivity index (χ4v) is 1.96. The molecule has 1 fully saturated rings. The Labute approximate surface area is 99.2 Å². The van der Waals surface area contributed by atoms with Crippen LogP contribution in [0.15, 0.2) is 29.0 Å². The summed E-state index contributed by atoms with van der Waals surface area (Å²) in [7, 11) is 0. The first-order valence-electron chi connectivity index (χ1n) is 5.80. The zero-order valence-corrected chi connectivity index (χ0v) is 9.48. The summed E-state index contributed by atoms with van der Waals surface area (Å²) in [6.07, 6.45) is 1.46. The van der Waals surface area contributed by atoms with Crippen LogP contribution < -0.4 is 10.6 Å². The van der Waals surface area contributed by atoms with Crippen LogP contribution in [0.4, 0.5) is 5.69 Å². The minimum atomic E-state index is 0.370. The average Bonchev–Trinajstić information content (AvgIpc) is 2.85. The minimum Gasteiger partial charge on any atom is -0.443 e. The van der Waals surface area contributed by atoms with Crippen molar-refractivity contribution in [2.75, 3.05) is 31.6 Å². The smallest absolute Gasteiger partial charge is 0.181 e. The van der Waals surface area contributed by atoms with Crippen LogP contribution in [0.1, 0.15) is 0 Å². The molecule has 17 heavy (non-hydrogen) atoms. The first-order valence-corrected chi connectivity index (χ1v) is 5.80. The van der Waals surface area contributed by atoms with Crippen molar-refractivity contribution >= 4 is 16.8 Å². The maximum absolute atomic E-state index is 5.40. The van der Waals surface area contributed by atoms with Crippen molar-refractivity contribution in [1.29, 1.82) is 0 Å². The van der Waals surface area contributed by atoms with Gasteiger partial charge in [0, 0.05) is 30.9 Å². The number of benzene rings is 1. The van der Waals surface area contributed by atoms with Crippen LogP contribution in [0.5, 0.6) is 0 Å². The number of morpholine rings is 1. The first kappa shape index (κ1) is 10.6. The Morgan fingerprint density at radius 2 is 2.47 bits per heavy atom. The van der Waals surface area contributed by atoms with Gasteiger partial charge in [-0.05, 0) is 12.1 Å². The summed E-state index contributed by atoms with van der Waals surface area (Å²) < 4.78 is 10.7. The number of nitrogens with zero attached hydrogens (tertiary/aromatic N) is 1. The lowest BCUT2D eigenvalue weighted by Gasteiger charge is -2.24. The van der Waals surface area contributed by atoms with E-state index in [9.17, 15) is 0 Å². The van der Waals surface area contributed by atoms with E-state index in [2.05, 4.69) is 15.6 Å². The molecule has 5 heteroatoms. The predicted octanol–water partition coefficient (Wildman–Crippen LogP) is 1.23. The van der Waals surface area contributed by atoms with Crippen molar-refractivity contribution in [3.8, 4) is 0 Å². The number of fused-ring (bicyclic) bond motifs is 1. The summed E-state index contributed by atoms with van der Waals surface area (Å²) in [4.78, 5) is 4.08. The molecule has 1 aromatic carbocycles. The molecule has 0 aliphatic carbocycles. The number of ether oxygens (including phenoxy) is 1. The van der Waals surface area contributed by atoms with Gasteiger partial charge in [0.1, 0.15) is 5.52 Å². The van der Waals surface area contributed by atoms with Crippen LogP contribution in [0, 0.1) is 0 Å². The molecule has 1 aliphatic rings. The zero-order valence-electron chi connectivity index (χ0n) is 9.48. The standard InChI is InChI=1S/C12H15N3O2/c1-2-11-12(17-8-15-11)5-9(1)14-6-10-7-16-4-3-13-10/h1-2,5,8,10,13-14H,3-4,6-7H2. The maximum Gasteiger partial charge on any atom is 0.181 e. The third-order valence-electron chi connectivity index (χ3n) is 2.88. The SMILES string of the molecule is c1nc2ccc(NCC3COCCN3)cc2o1. The van der Waals surface area contributed by atoms with Crippen LogP contribution in [-0.4, -0.2) is 37.3 Å². The van der Waals surface area contributed by atoms with Gasteiger partial charge < -0.3 is 19.8 Å². The van der Waals surface area contributed by atoms with Gasteiger partial charge in [-0.1, -0.05) is 0 Å². The van der Waals surface area contributed by atoms with Gasteiger partial charge in [-0.15, -0.1) is 0 Å². The highest BCUT2D eigenvalue weighted by atomic mass is 16.5. The number of nitrogens with one attached hydrogen (secondary N) is 2. The summed E-state index contributed by atoms with van der Waals surface area (Å²) in [6, 6.07) is 6.29. The highest BCUT2D eigenvalue weighted by Crippen LogP contribution is 2.17. The van der Waals surface area contributed by atoms with Crippen LogP contribution in [-0.2, 0) is 4.74 Å². The third kappa shape index (κ3) is 2.40. The van der Waals surface area contributed by atoms with E-state index in [0.717, 1.165) is 43.1 Å². The van der Waals surface area contributed by atoms with Gasteiger partial charge in [0.25, 0.3) is 0 Å². The second-order valence-electron chi connectivity index (χ2n) is 4.14. The van der Waals surface area contributed by atoms with Gasteiger partial charge in [0.2, 0.25) is 0 Å². The third-order valence-corrected chi connectivity index (χ3v) is 2.88.